The highest BCUT2D eigenvalue weighted by Gasteiger charge is 2.05. The van der Waals surface area contributed by atoms with E-state index in [1.807, 2.05) is 12.1 Å². The first kappa shape index (κ1) is 10.8. The summed E-state index contributed by atoms with van der Waals surface area (Å²) in [4.78, 5) is 12.5. The van der Waals surface area contributed by atoms with Crippen LogP contribution in [0.1, 0.15) is 5.56 Å². The van der Waals surface area contributed by atoms with E-state index in [1.165, 1.54) is 4.90 Å². The number of nitrogens with one attached hydrogen (secondary N) is 1. The lowest BCUT2D eigenvalue weighted by molar-refractivity contribution is 0.207. The SMILES string of the molecule is CN(Cc1ccc(Cl)cc1)C(=O)NN. The van der Waals surface area contributed by atoms with Crippen LogP contribution in [-0.4, -0.2) is 18.0 Å². The molecule has 0 fully saturated rings. The molecule has 0 spiro atoms. The minimum atomic E-state index is -0.319. The Hall–Kier alpha value is -1.26. The summed E-state index contributed by atoms with van der Waals surface area (Å²) in [5.74, 6) is 4.99. The quantitative estimate of drug-likeness (QED) is 0.443. The van der Waals surface area contributed by atoms with Crippen molar-refractivity contribution >= 4 is 17.6 Å². The lowest BCUT2D eigenvalue weighted by Gasteiger charge is -2.15. The Morgan fingerprint density at radius 3 is 2.57 bits per heavy atom. The summed E-state index contributed by atoms with van der Waals surface area (Å²) in [7, 11) is 1.66. The molecule has 0 aromatic heterocycles. The van der Waals surface area contributed by atoms with Gasteiger partial charge in [0.1, 0.15) is 0 Å². The van der Waals surface area contributed by atoms with Gasteiger partial charge in [-0.3, -0.25) is 5.43 Å². The van der Waals surface area contributed by atoms with Crippen molar-refractivity contribution in [3.05, 3.63) is 34.9 Å². The molecule has 0 unspecified atom stereocenters. The summed E-state index contributed by atoms with van der Waals surface area (Å²) < 4.78 is 0. The van der Waals surface area contributed by atoms with Crippen LogP contribution >= 0.6 is 11.6 Å². The lowest BCUT2D eigenvalue weighted by atomic mass is 10.2. The summed E-state index contributed by atoms with van der Waals surface area (Å²) in [6.07, 6.45) is 0. The molecule has 4 nitrogen and oxygen atoms in total. The van der Waals surface area contributed by atoms with Crippen molar-refractivity contribution in [2.75, 3.05) is 7.05 Å². The number of hydrogen-bond acceptors (Lipinski definition) is 2. The molecule has 0 saturated heterocycles. The monoisotopic (exact) mass is 213 g/mol. The van der Waals surface area contributed by atoms with Crippen molar-refractivity contribution in [1.82, 2.24) is 10.3 Å². The molecule has 3 N–H and O–H groups in total. The first-order valence-corrected chi connectivity index (χ1v) is 4.47. The van der Waals surface area contributed by atoms with Crippen LogP contribution in [0.3, 0.4) is 0 Å². The molecular weight excluding hydrogens is 202 g/mol. The van der Waals surface area contributed by atoms with Gasteiger partial charge in [-0.15, -0.1) is 0 Å². The van der Waals surface area contributed by atoms with Crippen molar-refractivity contribution in [2.24, 2.45) is 5.84 Å². The van der Waals surface area contributed by atoms with Crippen molar-refractivity contribution in [3.8, 4) is 0 Å². The van der Waals surface area contributed by atoms with Crippen LogP contribution in [0.5, 0.6) is 0 Å². The number of hydrazine groups is 1. The van der Waals surface area contributed by atoms with Crippen LogP contribution in [0.15, 0.2) is 24.3 Å². The molecule has 1 aromatic rings. The van der Waals surface area contributed by atoms with E-state index in [9.17, 15) is 4.79 Å². The molecule has 0 aliphatic carbocycles. The van der Waals surface area contributed by atoms with E-state index in [0.29, 0.717) is 11.6 Å². The number of nitrogens with two attached hydrogens (primary N) is 1. The molecule has 1 aromatic carbocycles. The summed E-state index contributed by atoms with van der Waals surface area (Å²) in [6.45, 7) is 0.500. The van der Waals surface area contributed by atoms with Crippen LogP contribution in [0, 0.1) is 0 Å². The van der Waals surface area contributed by atoms with Gasteiger partial charge >= 0.3 is 6.03 Å². The molecule has 0 bridgehead atoms. The molecule has 0 atom stereocenters. The smallest absolute Gasteiger partial charge is 0.322 e. The maximum absolute atomic E-state index is 11.0. The maximum Gasteiger partial charge on any atom is 0.331 e. The minimum absolute atomic E-state index is 0.319. The average molecular weight is 214 g/mol. The first-order valence-electron chi connectivity index (χ1n) is 4.09. The highest BCUT2D eigenvalue weighted by atomic mass is 35.5. The number of benzene rings is 1. The number of hydrogen-bond donors (Lipinski definition) is 2. The molecule has 0 aliphatic heterocycles. The summed E-state index contributed by atoms with van der Waals surface area (Å²) in [5, 5.41) is 0.680. The summed E-state index contributed by atoms with van der Waals surface area (Å²) in [5.41, 5.74) is 3.06. The molecule has 76 valence electrons. The number of amides is 2. The average Bonchev–Trinajstić information content (AvgIpc) is 2.20. The van der Waals surface area contributed by atoms with E-state index >= 15 is 0 Å². The highest BCUT2D eigenvalue weighted by Crippen LogP contribution is 2.10. The lowest BCUT2D eigenvalue weighted by Crippen LogP contribution is -2.40. The van der Waals surface area contributed by atoms with Gasteiger partial charge in [-0.2, -0.15) is 0 Å². The molecule has 0 saturated carbocycles. The third-order valence-corrected chi connectivity index (χ3v) is 2.06. The molecule has 14 heavy (non-hydrogen) atoms. The molecule has 5 heteroatoms. The van der Waals surface area contributed by atoms with E-state index in [0.717, 1.165) is 5.56 Å². The van der Waals surface area contributed by atoms with Crippen molar-refractivity contribution in [2.45, 2.75) is 6.54 Å². The van der Waals surface area contributed by atoms with E-state index in [2.05, 4.69) is 5.43 Å². The number of nitrogens with zero attached hydrogens (tertiary/aromatic N) is 1. The van der Waals surface area contributed by atoms with Gasteiger partial charge in [0.2, 0.25) is 0 Å². The fraction of sp³-hybridized carbons (Fsp3) is 0.222. The zero-order chi connectivity index (χ0) is 10.6. The number of carbonyl (C=O) groups excluding carboxylic acids is 1. The van der Waals surface area contributed by atoms with E-state index in [-0.39, 0.29) is 6.03 Å². The Balaban J connectivity index is 2.60. The summed E-state index contributed by atoms with van der Waals surface area (Å²) >= 11 is 5.73. The molecular formula is C9H12ClN3O. The second-order valence-corrected chi connectivity index (χ2v) is 3.37. The summed E-state index contributed by atoms with van der Waals surface area (Å²) in [6, 6.07) is 6.97. The fourth-order valence-electron chi connectivity index (χ4n) is 1.05. The Bertz CT molecular complexity index is 312. The third-order valence-electron chi connectivity index (χ3n) is 1.80. The maximum atomic E-state index is 11.0. The van der Waals surface area contributed by atoms with Crippen LogP contribution in [0.4, 0.5) is 4.79 Å². The second-order valence-electron chi connectivity index (χ2n) is 2.93. The standard InChI is InChI=1S/C9H12ClN3O/c1-13(9(14)12-11)6-7-2-4-8(10)5-3-7/h2-5H,6,11H2,1H3,(H,12,14). The zero-order valence-electron chi connectivity index (χ0n) is 7.83. The number of halogens is 1. The Labute approximate surface area is 87.6 Å². The van der Waals surface area contributed by atoms with E-state index in [1.54, 1.807) is 19.2 Å². The molecule has 2 amide bonds. The number of carbonyl (C=O) groups is 1. The van der Waals surface area contributed by atoms with Gasteiger partial charge < -0.3 is 4.90 Å². The largest absolute Gasteiger partial charge is 0.331 e. The predicted molar refractivity (Wildman–Crippen MR) is 55.6 cm³/mol. The Morgan fingerprint density at radius 2 is 2.07 bits per heavy atom. The topological polar surface area (TPSA) is 58.4 Å². The molecule has 0 aliphatic rings. The molecule has 0 heterocycles. The van der Waals surface area contributed by atoms with Crippen LogP contribution in [-0.2, 0) is 6.54 Å². The number of urea groups is 1. The number of rotatable bonds is 2. The Kier molecular flexibility index (Phi) is 3.73. The van der Waals surface area contributed by atoms with Gasteiger partial charge in [-0.1, -0.05) is 23.7 Å². The zero-order valence-corrected chi connectivity index (χ0v) is 8.58. The van der Waals surface area contributed by atoms with Crippen LogP contribution in [0.25, 0.3) is 0 Å². The normalized spacial score (nSPS) is 9.64. The first-order chi connectivity index (χ1) is 6.63. The van der Waals surface area contributed by atoms with Crippen LogP contribution < -0.4 is 11.3 Å². The van der Waals surface area contributed by atoms with Gasteiger partial charge in [-0.25, -0.2) is 10.6 Å². The van der Waals surface area contributed by atoms with Gasteiger partial charge in [-0.05, 0) is 17.7 Å². The van der Waals surface area contributed by atoms with E-state index in [4.69, 9.17) is 17.4 Å². The van der Waals surface area contributed by atoms with Crippen molar-refractivity contribution in [3.63, 3.8) is 0 Å². The van der Waals surface area contributed by atoms with Crippen molar-refractivity contribution < 1.29 is 4.79 Å². The minimum Gasteiger partial charge on any atom is -0.322 e. The van der Waals surface area contributed by atoms with Crippen molar-refractivity contribution in [1.29, 1.82) is 0 Å². The fourth-order valence-corrected chi connectivity index (χ4v) is 1.17. The van der Waals surface area contributed by atoms with Gasteiger partial charge in [0, 0.05) is 18.6 Å². The third kappa shape index (κ3) is 2.90. The molecule has 0 radical (unpaired) electrons. The van der Waals surface area contributed by atoms with Gasteiger partial charge in [0.15, 0.2) is 0 Å². The predicted octanol–water partition coefficient (Wildman–Crippen LogP) is 1.36. The van der Waals surface area contributed by atoms with E-state index < -0.39 is 0 Å². The van der Waals surface area contributed by atoms with Crippen LogP contribution in [0.2, 0.25) is 5.02 Å². The van der Waals surface area contributed by atoms with Gasteiger partial charge in [0.05, 0.1) is 0 Å². The van der Waals surface area contributed by atoms with Gasteiger partial charge in [0.25, 0.3) is 0 Å². The molecule has 1 rings (SSSR count). The second kappa shape index (κ2) is 4.83. The Morgan fingerprint density at radius 1 is 1.50 bits per heavy atom. The highest BCUT2D eigenvalue weighted by molar-refractivity contribution is 6.30.